The fourth-order valence-corrected chi connectivity index (χ4v) is 3.35. The molecular weight excluding hydrogens is 294 g/mol. The number of benzene rings is 2. The largest absolute Gasteiger partial charge is 0.223 e. The van der Waals surface area contributed by atoms with Crippen molar-refractivity contribution in [2.24, 2.45) is 0 Å². The summed E-state index contributed by atoms with van der Waals surface area (Å²) in [4.78, 5) is -0.204. The van der Waals surface area contributed by atoms with Crippen LogP contribution in [-0.4, -0.2) is 8.42 Å². The van der Waals surface area contributed by atoms with Crippen LogP contribution >= 0.6 is 0 Å². The quantitative estimate of drug-likeness (QED) is 0.807. The second kappa shape index (κ2) is 6.59. The molecular formula is C18H17NO2S. The van der Waals surface area contributed by atoms with Gasteiger partial charge in [0.1, 0.15) is 11.0 Å². The Morgan fingerprint density at radius 2 is 1.82 bits per heavy atom. The van der Waals surface area contributed by atoms with Gasteiger partial charge in [-0.25, -0.2) is 8.42 Å². The molecule has 0 saturated carbocycles. The van der Waals surface area contributed by atoms with Crippen LogP contribution in [-0.2, 0) is 15.6 Å². The molecule has 2 aromatic rings. The van der Waals surface area contributed by atoms with Gasteiger partial charge in [-0.2, -0.15) is 5.26 Å². The molecule has 0 aliphatic heterocycles. The van der Waals surface area contributed by atoms with E-state index in [1.54, 1.807) is 24.3 Å². The monoisotopic (exact) mass is 311 g/mol. The first kappa shape index (κ1) is 16.0. The van der Waals surface area contributed by atoms with E-state index in [1.165, 1.54) is 6.08 Å². The number of hydrogen-bond donors (Lipinski definition) is 0. The highest BCUT2D eigenvalue weighted by molar-refractivity contribution is 7.95. The summed E-state index contributed by atoms with van der Waals surface area (Å²) in [6.45, 7) is 3.82. The van der Waals surface area contributed by atoms with Crippen LogP contribution < -0.4 is 0 Å². The van der Waals surface area contributed by atoms with E-state index in [9.17, 15) is 13.7 Å². The molecule has 0 amide bonds. The molecule has 0 radical (unpaired) electrons. The third-order valence-corrected chi connectivity index (χ3v) is 4.96. The van der Waals surface area contributed by atoms with Crippen LogP contribution in [0.4, 0.5) is 0 Å². The molecule has 0 atom stereocenters. The molecule has 0 N–H and O–H groups in total. The fourth-order valence-electron chi connectivity index (χ4n) is 2.12. The highest BCUT2D eigenvalue weighted by atomic mass is 32.2. The predicted molar refractivity (Wildman–Crippen MR) is 88.6 cm³/mol. The maximum atomic E-state index is 12.4. The van der Waals surface area contributed by atoms with Crippen molar-refractivity contribution in [3.63, 3.8) is 0 Å². The van der Waals surface area contributed by atoms with Crippen molar-refractivity contribution < 1.29 is 8.42 Å². The van der Waals surface area contributed by atoms with Crippen molar-refractivity contribution >= 4 is 15.9 Å². The van der Waals surface area contributed by atoms with Gasteiger partial charge in [0.05, 0.1) is 5.75 Å². The van der Waals surface area contributed by atoms with Crippen molar-refractivity contribution in [2.45, 2.75) is 19.6 Å². The average Bonchev–Trinajstić information content (AvgIpc) is 2.48. The Morgan fingerprint density at radius 1 is 1.14 bits per heavy atom. The van der Waals surface area contributed by atoms with Crippen molar-refractivity contribution in [1.29, 1.82) is 5.26 Å². The molecule has 3 nitrogen and oxygen atoms in total. The van der Waals surface area contributed by atoms with Crippen LogP contribution in [0, 0.1) is 25.2 Å². The van der Waals surface area contributed by atoms with E-state index in [-0.39, 0.29) is 10.7 Å². The normalized spacial score (nSPS) is 12.0. The maximum Gasteiger partial charge on any atom is 0.192 e. The van der Waals surface area contributed by atoms with Crippen molar-refractivity contribution in [3.05, 3.63) is 75.7 Å². The second-order valence-corrected chi connectivity index (χ2v) is 7.18. The molecule has 4 heteroatoms. The average molecular weight is 311 g/mol. The summed E-state index contributed by atoms with van der Waals surface area (Å²) in [5, 5.41) is 9.26. The minimum Gasteiger partial charge on any atom is -0.223 e. The summed E-state index contributed by atoms with van der Waals surface area (Å²) in [5.74, 6) is -0.169. The molecule has 0 bridgehead atoms. The van der Waals surface area contributed by atoms with Gasteiger partial charge in [-0.15, -0.1) is 0 Å². The number of nitriles is 1. The first-order chi connectivity index (χ1) is 10.4. The number of nitrogens with zero attached hydrogens (tertiary/aromatic N) is 1. The van der Waals surface area contributed by atoms with Crippen molar-refractivity contribution in [1.82, 2.24) is 0 Å². The molecule has 0 unspecified atom stereocenters. The number of rotatable bonds is 4. The van der Waals surface area contributed by atoms with Gasteiger partial charge < -0.3 is 0 Å². The Kier molecular flexibility index (Phi) is 4.79. The Morgan fingerprint density at radius 3 is 2.45 bits per heavy atom. The summed E-state index contributed by atoms with van der Waals surface area (Å²) < 4.78 is 24.9. The molecule has 0 aliphatic carbocycles. The number of aryl methyl sites for hydroxylation is 2. The zero-order chi connectivity index (χ0) is 16.2. The molecule has 0 spiro atoms. The molecule has 0 heterocycles. The molecule has 2 aromatic carbocycles. The first-order valence-corrected chi connectivity index (χ1v) is 8.53. The minimum absolute atomic E-state index is 0.169. The summed E-state index contributed by atoms with van der Waals surface area (Å²) in [6.07, 6.45) is 1.46. The lowest BCUT2D eigenvalue weighted by Gasteiger charge is -2.06. The van der Waals surface area contributed by atoms with E-state index in [2.05, 4.69) is 0 Å². The third-order valence-electron chi connectivity index (χ3n) is 3.37. The first-order valence-electron chi connectivity index (χ1n) is 6.88. The van der Waals surface area contributed by atoms with Crippen molar-refractivity contribution in [3.8, 4) is 6.07 Å². The highest BCUT2D eigenvalue weighted by Crippen LogP contribution is 2.20. The van der Waals surface area contributed by atoms with E-state index in [4.69, 9.17) is 0 Å². The van der Waals surface area contributed by atoms with Crippen LogP contribution in [0.1, 0.15) is 22.3 Å². The third kappa shape index (κ3) is 3.84. The van der Waals surface area contributed by atoms with Crippen LogP contribution in [0.15, 0.2) is 53.4 Å². The van der Waals surface area contributed by atoms with Crippen LogP contribution in [0.3, 0.4) is 0 Å². The summed E-state index contributed by atoms with van der Waals surface area (Å²) in [7, 11) is -3.65. The maximum absolute atomic E-state index is 12.4. The molecule has 2 rings (SSSR count). The summed E-state index contributed by atoms with van der Waals surface area (Å²) in [5.41, 5.74) is 3.39. The van der Waals surface area contributed by atoms with Crippen LogP contribution in [0.25, 0.3) is 6.08 Å². The molecule has 0 fully saturated rings. The van der Waals surface area contributed by atoms with Gasteiger partial charge in [0.15, 0.2) is 9.84 Å². The van der Waals surface area contributed by atoms with E-state index in [0.29, 0.717) is 5.56 Å². The Hall–Kier alpha value is -2.38. The Labute approximate surface area is 131 Å². The Balaban J connectivity index is 2.41. The highest BCUT2D eigenvalue weighted by Gasteiger charge is 2.18. The minimum atomic E-state index is -3.65. The molecule has 0 aromatic heterocycles. The predicted octanol–water partition coefficient (Wildman–Crippen LogP) is 3.78. The molecule has 0 saturated heterocycles. The van der Waals surface area contributed by atoms with Gasteiger partial charge >= 0.3 is 0 Å². The zero-order valence-corrected chi connectivity index (χ0v) is 13.4. The van der Waals surface area contributed by atoms with Crippen molar-refractivity contribution in [2.75, 3.05) is 0 Å². The van der Waals surface area contributed by atoms with Crippen LogP contribution in [0.2, 0.25) is 0 Å². The van der Waals surface area contributed by atoms with E-state index in [1.807, 2.05) is 44.2 Å². The van der Waals surface area contributed by atoms with Gasteiger partial charge in [-0.1, -0.05) is 54.1 Å². The number of allylic oxidation sites excluding steroid dienone is 1. The lowest BCUT2D eigenvalue weighted by molar-refractivity contribution is 0.602. The molecule has 0 aliphatic rings. The van der Waals surface area contributed by atoms with E-state index >= 15 is 0 Å². The SMILES string of the molecule is Cc1ccc(C)c(/C=C(\C#N)S(=O)(=O)Cc2ccccc2)c1. The molecule has 22 heavy (non-hydrogen) atoms. The second-order valence-electron chi connectivity index (χ2n) is 5.23. The summed E-state index contributed by atoms with van der Waals surface area (Å²) >= 11 is 0. The fraction of sp³-hybridized carbons (Fsp3) is 0.167. The molecule has 112 valence electrons. The van der Waals surface area contributed by atoms with Gasteiger partial charge in [0, 0.05) is 0 Å². The van der Waals surface area contributed by atoms with Gasteiger partial charge in [0.25, 0.3) is 0 Å². The lowest BCUT2D eigenvalue weighted by atomic mass is 10.1. The standard InChI is InChI=1S/C18H17NO2S/c1-14-8-9-15(2)17(10-14)11-18(12-19)22(20,21)13-16-6-4-3-5-7-16/h3-11H,13H2,1-2H3/b18-11+. The smallest absolute Gasteiger partial charge is 0.192 e. The topological polar surface area (TPSA) is 57.9 Å². The van der Waals surface area contributed by atoms with Gasteiger partial charge in [-0.3, -0.25) is 0 Å². The number of sulfone groups is 1. The van der Waals surface area contributed by atoms with Gasteiger partial charge in [0.2, 0.25) is 0 Å². The Bertz CT molecular complexity index is 844. The van der Waals surface area contributed by atoms with E-state index in [0.717, 1.165) is 16.7 Å². The number of hydrogen-bond acceptors (Lipinski definition) is 3. The van der Waals surface area contributed by atoms with Crippen LogP contribution in [0.5, 0.6) is 0 Å². The van der Waals surface area contributed by atoms with E-state index < -0.39 is 9.84 Å². The summed E-state index contributed by atoms with van der Waals surface area (Å²) in [6, 6.07) is 16.5. The van der Waals surface area contributed by atoms with Gasteiger partial charge in [-0.05, 0) is 36.6 Å². The lowest BCUT2D eigenvalue weighted by Crippen LogP contribution is -2.06. The zero-order valence-electron chi connectivity index (χ0n) is 12.6.